The van der Waals surface area contributed by atoms with Crippen LogP contribution in [0.15, 0.2) is 6.07 Å². The molecule has 1 aromatic heterocycles. The smallest absolute Gasteiger partial charge is 0.172 e. The zero-order valence-corrected chi connectivity index (χ0v) is 9.26. The van der Waals surface area contributed by atoms with Crippen molar-refractivity contribution in [1.82, 2.24) is 4.98 Å². The van der Waals surface area contributed by atoms with E-state index in [4.69, 9.17) is 21.4 Å². The minimum Gasteiger partial charge on any atom is -0.494 e. The van der Waals surface area contributed by atoms with Crippen LogP contribution in [0.1, 0.15) is 5.56 Å². The third-order valence-electron chi connectivity index (χ3n) is 1.36. The molecule has 0 amide bonds. The van der Waals surface area contributed by atoms with Crippen molar-refractivity contribution in [3.63, 3.8) is 0 Å². The third-order valence-corrected chi connectivity index (χ3v) is 2.56. The average Bonchev–Trinajstić information content (AvgIpc) is 2.05. The minimum atomic E-state index is -0.0567. The van der Waals surface area contributed by atoms with Crippen LogP contribution >= 0.6 is 34.2 Å². The number of aromatic nitrogens is 1. The van der Waals surface area contributed by atoms with E-state index in [1.807, 2.05) is 22.6 Å². The molecular weight excluding hydrogens is 292 g/mol. The summed E-state index contributed by atoms with van der Waals surface area (Å²) in [7, 11) is 1.51. The maximum atomic E-state index is 8.89. The molecule has 0 aromatic carbocycles. The van der Waals surface area contributed by atoms with Gasteiger partial charge in [0.1, 0.15) is 3.70 Å². The molecule has 0 saturated carbocycles. The first-order valence-electron chi connectivity index (χ1n) is 3.18. The average molecular weight is 299 g/mol. The number of ether oxygens (including phenoxy) is 1. The van der Waals surface area contributed by atoms with Crippen LogP contribution in [0.2, 0.25) is 5.15 Å². The molecule has 1 heterocycles. The molecule has 0 aliphatic heterocycles. The molecule has 0 spiro atoms. The van der Waals surface area contributed by atoms with Crippen molar-refractivity contribution in [2.75, 3.05) is 7.11 Å². The Morgan fingerprint density at radius 3 is 2.92 bits per heavy atom. The number of nitrogens with zero attached hydrogens (tertiary/aromatic N) is 1. The molecular formula is C7H7ClINO2. The van der Waals surface area contributed by atoms with E-state index < -0.39 is 0 Å². The summed E-state index contributed by atoms with van der Waals surface area (Å²) in [6.07, 6.45) is 0. The highest BCUT2D eigenvalue weighted by molar-refractivity contribution is 14.1. The SMILES string of the molecule is COc1cc(CO)c(I)nc1Cl. The molecule has 0 aliphatic carbocycles. The van der Waals surface area contributed by atoms with Crippen molar-refractivity contribution < 1.29 is 9.84 Å². The third kappa shape index (κ3) is 1.99. The van der Waals surface area contributed by atoms with Crippen LogP contribution in [0.5, 0.6) is 5.75 Å². The van der Waals surface area contributed by atoms with E-state index in [1.165, 1.54) is 7.11 Å². The van der Waals surface area contributed by atoms with Crippen molar-refractivity contribution in [2.45, 2.75) is 6.61 Å². The van der Waals surface area contributed by atoms with Crippen LogP contribution in [-0.2, 0) is 6.61 Å². The molecule has 1 aromatic rings. The molecule has 0 aliphatic rings. The van der Waals surface area contributed by atoms with Crippen LogP contribution in [0.25, 0.3) is 0 Å². The second-order valence-corrected chi connectivity index (χ2v) is 3.47. The van der Waals surface area contributed by atoms with Gasteiger partial charge in [0, 0.05) is 5.56 Å². The number of halogens is 2. The Morgan fingerprint density at radius 2 is 2.42 bits per heavy atom. The molecule has 0 atom stereocenters. The van der Waals surface area contributed by atoms with Gasteiger partial charge < -0.3 is 9.84 Å². The number of methoxy groups -OCH3 is 1. The first-order valence-corrected chi connectivity index (χ1v) is 4.64. The van der Waals surface area contributed by atoms with E-state index in [9.17, 15) is 0 Å². The number of aliphatic hydroxyl groups excluding tert-OH is 1. The van der Waals surface area contributed by atoms with Gasteiger partial charge in [-0.25, -0.2) is 4.98 Å². The van der Waals surface area contributed by atoms with E-state index in [1.54, 1.807) is 6.07 Å². The van der Waals surface area contributed by atoms with Gasteiger partial charge in [-0.2, -0.15) is 0 Å². The fraction of sp³-hybridized carbons (Fsp3) is 0.286. The number of aliphatic hydroxyl groups is 1. The van der Waals surface area contributed by atoms with Crippen LogP contribution in [0, 0.1) is 3.70 Å². The first-order chi connectivity index (χ1) is 5.69. The maximum Gasteiger partial charge on any atom is 0.172 e. The van der Waals surface area contributed by atoms with Gasteiger partial charge in [0.15, 0.2) is 10.9 Å². The van der Waals surface area contributed by atoms with Crippen molar-refractivity contribution in [2.24, 2.45) is 0 Å². The molecule has 0 fully saturated rings. The Labute approximate surface area is 88.9 Å². The number of rotatable bonds is 2. The zero-order chi connectivity index (χ0) is 9.14. The Hall–Kier alpha value is -0.0700. The second-order valence-electron chi connectivity index (χ2n) is 2.09. The Bertz CT molecular complexity index is 268. The fourth-order valence-electron chi connectivity index (χ4n) is 0.744. The van der Waals surface area contributed by atoms with E-state index in [-0.39, 0.29) is 6.61 Å². The summed E-state index contributed by atoms with van der Waals surface area (Å²) < 4.78 is 5.63. The van der Waals surface area contributed by atoms with Crippen LogP contribution < -0.4 is 4.74 Å². The molecule has 12 heavy (non-hydrogen) atoms. The Balaban J connectivity index is 3.18. The monoisotopic (exact) mass is 299 g/mol. The quantitative estimate of drug-likeness (QED) is 0.669. The molecule has 0 saturated heterocycles. The standard InChI is InChI=1S/C7H7ClINO2/c1-12-5-2-4(3-11)7(9)10-6(5)8/h2,11H,3H2,1H3. The van der Waals surface area contributed by atoms with Gasteiger partial charge >= 0.3 is 0 Å². The summed E-state index contributed by atoms with van der Waals surface area (Å²) >= 11 is 7.74. The summed E-state index contributed by atoms with van der Waals surface area (Å²) in [5, 5.41) is 9.20. The molecule has 5 heteroatoms. The highest BCUT2D eigenvalue weighted by atomic mass is 127. The van der Waals surface area contributed by atoms with Gasteiger partial charge in [0.05, 0.1) is 13.7 Å². The highest BCUT2D eigenvalue weighted by Gasteiger charge is 2.07. The van der Waals surface area contributed by atoms with Gasteiger partial charge in [-0.1, -0.05) is 11.6 Å². The lowest BCUT2D eigenvalue weighted by Crippen LogP contribution is -1.95. The molecule has 1 rings (SSSR count). The largest absolute Gasteiger partial charge is 0.494 e. The predicted molar refractivity (Wildman–Crippen MR) is 54.4 cm³/mol. The summed E-state index contributed by atoms with van der Waals surface area (Å²) in [6, 6.07) is 1.68. The lowest BCUT2D eigenvalue weighted by Gasteiger charge is -2.05. The molecule has 66 valence electrons. The van der Waals surface area contributed by atoms with Crippen molar-refractivity contribution in [3.8, 4) is 5.75 Å². The van der Waals surface area contributed by atoms with E-state index in [0.717, 1.165) is 5.56 Å². The molecule has 0 unspecified atom stereocenters. The van der Waals surface area contributed by atoms with Crippen molar-refractivity contribution >= 4 is 34.2 Å². The van der Waals surface area contributed by atoms with E-state index in [2.05, 4.69) is 4.98 Å². The maximum absolute atomic E-state index is 8.89. The van der Waals surface area contributed by atoms with Crippen LogP contribution in [0.4, 0.5) is 0 Å². The normalized spacial score (nSPS) is 10.0. The van der Waals surface area contributed by atoms with E-state index in [0.29, 0.717) is 14.6 Å². The molecule has 0 radical (unpaired) electrons. The molecule has 0 bridgehead atoms. The lowest BCUT2D eigenvalue weighted by atomic mass is 10.3. The Morgan fingerprint density at radius 1 is 1.75 bits per heavy atom. The Kier molecular flexibility index (Phi) is 3.54. The topological polar surface area (TPSA) is 42.4 Å². The second kappa shape index (κ2) is 4.25. The summed E-state index contributed by atoms with van der Waals surface area (Å²) in [6.45, 7) is -0.0567. The lowest BCUT2D eigenvalue weighted by molar-refractivity contribution is 0.279. The number of pyridine rings is 1. The van der Waals surface area contributed by atoms with Crippen LogP contribution in [0.3, 0.4) is 0 Å². The summed E-state index contributed by atoms with van der Waals surface area (Å²) in [5.41, 5.74) is 0.719. The molecule has 3 nitrogen and oxygen atoms in total. The predicted octanol–water partition coefficient (Wildman–Crippen LogP) is 1.84. The first kappa shape index (κ1) is 10.0. The summed E-state index contributed by atoms with van der Waals surface area (Å²) in [4.78, 5) is 3.98. The van der Waals surface area contributed by atoms with Gasteiger partial charge in [-0.05, 0) is 28.7 Å². The van der Waals surface area contributed by atoms with Crippen LogP contribution in [-0.4, -0.2) is 17.2 Å². The van der Waals surface area contributed by atoms with Gasteiger partial charge in [0.2, 0.25) is 0 Å². The highest BCUT2D eigenvalue weighted by Crippen LogP contribution is 2.25. The number of hydrogen-bond donors (Lipinski definition) is 1. The zero-order valence-electron chi connectivity index (χ0n) is 6.34. The van der Waals surface area contributed by atoms with Gasteiger partial charge in [0.25, 0.3) is 0 Å². The minimum absolute atomic E-state index is 0.0567. The van der Waals surface area contributed by atoms with Crippen molar-refractivity contribution in [1.29, 1.82) is 0 Å². The summed E-state index contributed by atoms with van der Waals surface area (Å²) in [5.74, 6) is 0.487. The fourth-order valence-corrected chi connectivity index (χ4v) is 1.67. The van der Waals surface area contributed by atoms with Crippen molar-refractivity contribution in [3.05, 3.63) is 20.5 Å². The van der Waals surface area contributed by atoms with Gasteiger partial charge in [-0.15, -0.1) is 0 Å². The van der Waals surface area contributed by atoms with Gasteiger partial charge in [-0.3, -0.25) is 0 Å². The van der Waals surface area contributed by atoms with E-state index >= 15 is 0 Å². The number of hydrogen-bond acceptors (Lipinski definition) is 3. The molecule has 1 N–H and O–H groups in total.